The number of halogens is 11. The highest BCUT2D eigenvalue weighted by Gasteiger charge is 2.75. The molecule has 2 aromatic carbocycles. The minimum atomic E-state index is -6.35. The number of alkyl halides is 9. The predicted molar refractivity (Wildman–Crippen MR) is 117 cm³/mol. The highest BCUT2D eigenvalue weighted by Crippen LogP contribution is 2.61. The maximum absolute atomic E-state index is 15.1. The van der Waals surface area contributed by atoms with Crippen LogP contribution in [-0.4, -0.2) is 18.0 Å². The monoisotopic (exact) mass is 689 g/mol. The Morgan fingerprint density at radius 1 is 0.688 bits per heavy atom. The van der Waals surface area contributed by atoms with Crippen LogP contribution in [0.4, 0.5) is 39.5 Å². The van der Waals surface area contributed by atoms with E-state index in [0.717, 1.165) is 18.2 Å². The van der Waals surface area contributed by atoms with Gasteiger partial charge in [0.25, 0.3) is 0 Å². The van der Waals surface area contributed by atoms with Crippen molar-refractivity contribution in [2.45, 2.75) is 31.3 Å². The fourth-order valence-electron chi connectivity index (χ4n) is 3.65. The van der Waals surface area contributed by atoms with E-state index in [2.05, 4.69) is 0 Å². The van der Waals surface area contributed by atoms with E-state index in [-0.39, 0.29) is 11.1 Å². The van der Waals surface area contributed by atoms with Crippen LogP contribution < -0.4 is 0 Å². The molecule has 0 nitrogen and oxygen atoms in total. The molecule has 0 N–H and O–H groups in total. The van der Waals surface area contributed by atoms with Gasteiger partial charge in [0, 0.05) is 17.5 Å². The van der Waals surface area contributed by atoms with Crippen LogP contribution in [-0.2, 0) is 6.84 Å². The molecule has 0 saturated heterocycles. The second-order valence-electron chi connectivity index (χ2n) is 7.23. The van der Waals surface area contributed by atoms with Gasteiger partial charge in [-0.05, 0) is 24.1 Å². The zero-order valence-electron chi connectivity index (χ0n) is 15.6. The van der Waals surface area contributed by atoms with Gasteiger partial charge in [-0.15, -0.1) is 0 Å². The van der Waals surface area contributed by atoms with Crippen molar-refractivity contribution < 1.29 is 39.5 Å². The Labute approximate surface area is 204 Å². The summed E-state index contributed by atoms with van der Waals surface area (Å²) < 4.78 is 122. The Morgan fingerprint density at radius 3 is 1.56 bits per heavy atom. The van der Waals surface area contributed by atoms with Gasteiger partial charge in [0.1, 0.15) is 11.6 Å². The lowest BCUT2D eigenvalue weighted by molar-refractivity contribution is -0.327. The van der Waals surface area contributed by atoms with E-state index in [1.54, 1.807) is 0 Å². The van der Waals surface area contributed by atoms with E-state index >= 15 is 4.39 Å². The maximum Gasteiger partial charge on any atom is 0.435 e. The first-order chi connectivity index (χ1) is 14.6. The van der Waals surface area contributed by atoms with Crippen LogP contribution in [0.3, 0.4) is 0 Å². The van der Waals surface area contributed by atoms with Crippen molar-refractivity contribution >= 4 is 45.2 Å². The average molecular weight is 689 g/mol. The van der Waals surface area contributed by atoms with Gasteiger partial charge in [0.2, 0.25) is 0 Å². The predicted octanol–water partition coefficient (Wildman–Crippen LogP) is 8.29. The molecule has 0 aliphatic heterocycles. The molecule has 0 amide bonds. The van der Waals surface area contributed by atoms with Crippen molar-refractivity contribution in [1.29, 1.82) is 0 Å². The van der Waals surface area contributed by atoms with Crippen molar-refractivity contribution in [2.24, 2.45) is 0 Å². The molecule has 0 saturated carbocycles. The topological polar surface area (TPSA) is 0 Å². The molecule has 3 rings (SSSR count). The smallest absolute Gasteiger partial charge is 0.219 e. The van der Waals surface area contributed by atoms with E-state index in [4.69, 9.17) is 0 Å². The summed E-state index contributed by atoms with van der Waals surface area (Å²) in [5.74, 6) is -1.83. The Morgan fingerprint density at radius 2 is 1.12 bits per heavy atom. The number of rotatable bonds is 3. The molecule has 173 valence electrons. The summed E-state index contributed by atoms with van der Waals surface area (Å²) in [7, 11) is 0. The third kappa shape index (κ3) is 4.27. The van der Waals surface area contributed by atoms with Gasteiger partial charge in [-0.25, -0.2) is 13.2 Å². The lowest BCUT2D eigenvalue weighted by Gasteiger charge is -2.45. The summed E-state index contributed by atoms with van der Waals surface area (Å²) in [6.45, 7) is 0. The molecule has 32 heavy (non-hydrogen) atoms. The number of hydrogen-bond donors (Lipinski definition) is 0. The Balaban J connectivity index is 2.34. The Kier molecular flexibility index (Phi) is 6.68. The van der Waals surface area contributed by atoms with Crippen LogP contribution in [0.15, 0.2) is 60.2 Å². The SMILES string of the molecule is Fc1ccccc1C1(I)[CH]C(I)(c2ccccc2F)CC(C(F)(C(F)(F)F)C(F)(F)F)=C1. The van der Waals surface area contributed by atoms with Crippen molar-refractivity contribution in [1.82, 2.24) is 0 Å². The van der Waals surface area contributed by atoms with E-state index in [1.807, 2.05) is 0 Å². The number of hydrogen-bond acceptors (Lipinski definition) is 0. The minimum absolute atomic E-state index is 0.254. The van der Waals surface area contributed by atoms with Crippen LogP contribution >= 0.6 is 45.2 Å². The molecule has 2 aromatic rings. The average Bonchev–Trinajstić information content (AvgIpc) is 2.65. The largest absolute Gasteiger partial charge is 0.435 e. The summed E-state index contributed by atoms with van der Waals surface area (Å²) in [4.78, 5) is 0. The van der Waals surface area contributed by atoms with Crippen LogP contribution in [0.5, 0.6) is 0 Å². The molecule has 11 heteroatoms. The molecule has 1 aliphatic carbocycles. The molecule has 0 bridgehead atoms. The van der Waals surface area contributed by atoms with Crippen molar-refractivity contribution in [3.8, 4) is 0 Å². The van der Waals surface area contributed by atoms with Gasteiger partial charge in [0.15, 0.2) is 0 Å². The van der Waals surface area contributed by atoms with Gasteiger partial charge in [-0.3, -0.25) is 0 Å². The maximum atomic E-state index is 15.1. The molecule has 0 spiro atoms. The van der Waals surface area contributed by atoms with E-state index in [0.29, 0.717) is 6.08 Å². The lowest BCUT2D eigenvalue weighted by atomic mass is 9.71. The van der Waals surface area contributed by atoms with Gasteiger partial charge >= 0.3 is 18.0 Å². The first-order valence-corrected chi connectivity index (χ1v) is 11.0. The Hall–Kier alpha value is -0.990. The van der Waals surface area contributed by atoms with Gasteiger partial charge in [-0.2, -0.15) is 26.3 Å². The van der Waals surface area contributed by atoms with Crippen molar-refractivity contribution in [2.75, 3.05) is 0 Å². The zero-order valence-corrected chi connectivity index (χ0v) is 20.0. The summed E-state index contributed by atoms with van der Waals surface area (Å²) in [5.41, 5.74) is -7.93. The summed E-state index contributed by atoms with van der Waals surface area (Å²) >= 11 is 2.95. The van der Waals surface area contributed by atoms with Crippen molar-refractivity contribution in [3.63, 3.8) is 0 Å². The van der Waals surface area contributed by atoms with E-state index < -0.39 is 48.5 Å². The highest BCUT2D eigenvalue weighted by atomic mass is 127. The van der Waals surface area contributed by atoms with Gasteiger partial charge in [0.05, 0.1) is 6.84 Å². The summed E-state index contributed by atoms with van der Waals surface area (Å²) in [6, 6.07) is 9.55. The first kappa shape index (κ1) is 25.6. The Bertz CT molecular complexity index is 1030. The standard InChI is InChI=1S/C21H12F9I2/c22-15-7-3-1-5-13(15)17(31)9-12(19(24,20(25,26)27)21(28,29)30)10-18(32,11-17)14-6-2-4-8-16(14)23/h1-9,11H,10H2. The van der Waals surface area contributed by atoms with Crippen LogP contribution in [0.1, 0.15) is 17.5 Å². The molecular weight excluding hydrogens is 677 g/mol. The van der Waals surface area contributed by atoms with Crippen molar-refractivity contribution in [3.05, 3.63) is 89.4 Å². The van der Waals surface area contributed by atoms with E-state index in [1.165, 1.54) is 81.9 Å². The minimum Gasteiger partial charge on any atom is -0.219 e. The quantitative estimate of drug-likeness (QED) is 0.132. The van der Waals surface area contributed by atoms with Crippen LogP contribution in [0.25, 0.3) is 0 Å². The molecule has 0 fully saturated rings. The summed E-state index contributed by atoms with van der Waals surface area (Å²) in [6.07, 6.45) is -12.2. The fourth-order valence-corrected chi connectivity index (χ4v) is 6.93. The molecule has 0 heterocycles. The van der Waals surface area contributed by atoms with Crippen LogP contribution in [0.2, 0.25) is 0 Å². The first-order valence-electron chi connectivity index (χ1n) is 8.85. The second kappa shape index (κ2) is 8.35. The molecule has 0 aromatic heterocycles. The third-order valence-corrected chi connectivity index (χ3v) is 7.58. The normalized spacial score (nSPS) is 24.9. The molecule has 1 aliphatic rings. The number of benzene rings is 2. The summed E-state index contributed by atoms with van der Waals surface area (Å²) in [5, 5.41) is 0. The lowest BCUT2D eigenvalue weighted by Crippen LogP contribution is -2.56. The van der Waals surface area contributed by atoms with Crippen LogP contribution in [0, 0.1) is 18.1 Å². The van der Waals surface area contributed by atoms with Gasteiger partial charge < -0.3 is 0 Å². The highest BCUT2D eigenvalue weighted by molar-refractivity contribution is 14.1. The third-order valence-electron chi connectivity index (χ3n) is 5.10. The molecule has 1 radical (unpaired) electrons. The molecule has 2 unspecified atom stereocenters. The zero-order chi connectivity index (χ0) is 24.2. The van der Waals surface area contributed by atoms with Gasteiger partial charge in [-0.1, -0.05) is 87.7 Å². The molecule has 2 atom stereocenters. The fraction of sp³-hybridized carbons (Fsp3) is 0.286. The van der Waals surface area contributed by atoms with E-state index in [9.17, 15) is 35.1 Å². The number of allylic oxidation sites excluding steroid dienone is 2. The second-order valence-corrected chi connectivity index (χ2v) is 10.9. The molecular formula is C21H12F9I2.